The van der Waals surface area contributed by atoms with Crippen LogP contribution in [0, 0.1) is 0 Å². The smallest absolute Gasteiger partial charge is 0.338 e. The summed E-state index contributed by atoms with van der Waals surface area (Å²) in [5.74, 6) is -0.958. The second-order valence-corrected chi connectivity index (χ2v) is 3.67. The van der Waals surface area contributed by atoms with E-state index in [0.29, 0.717) is 6.54 Å². The number of thiazole rings is 1. The van der Waals surface area contributed by atoms with Crippen molar-refractivity contribution >= 4 is 17.3 Å². The van der Waals surface area contributed by atoms with Gasteiger partial charge in [0.25, 0.3) is 0 Å². The van der Waals surface area contributed by atoms with Gasteiger partial charge < -0.3 is 5.11 Å². The first-order valence-electron chi connectivity index (χ1n) is 3.89. The molecule has 5 nitrogen and oxygen atoms in total. The molecule has 0 spiro atoms. The Labute approximate surface area is 83.6 Å². The molecule has 0 atom stereocenters. The Bertz CT molecular complexity index is 435. The van der Waals surface area contributed by atoms with Crippen molar-refractivity contribution in [3.05, 3.63) is 34.5 Å². The molecule has 2 rings (SSSR count). The van der Waals surface area contributed by atoms with Crippen LogP contribution < -0.4 is 0 Å². The first-order valence-corrected chi connectivity index (χ1v) is 4.77. The lowest BCUT2D eigenvalue weighted by Gasteiger charge is -1.95. The summed E-state index contributed by atoms with van der Waals surface area (Å²) in [6.07, 6.45) is 4.58. The molecule has 72 valence electrons. The van der Waals surface area contributed by atoms with Crippen molar-refractivity contribution in [3.8, 4) is 0 Å². The summed E-state index contributed by atoms with van der Waals surface area (Å²) in [7, 11) is 0. The Morgan fingerprint density at radius 2 is 2.43 bits per heavy atom. The van der Waals surface area contributed by atoms with Gasteiger partial charge in [0, 0.05) is 17.3 Å². The van der Waals surface area contributed by atoms with Crippen LogP contribution in [-0.4, -0.2) is 25.8 Å². The molecule has 0 bridgehead atoms. The predicted octanol–water partition coefficient (Wildman–Crippen LogP) is 1.09. The number of aromatic nitrogens is 3. The van der Waals surface area contributed by atoms with Gasteiger partial charge in [-0.25, -0.2) is 4.79 Å². The highest BCUT2D eigenvalue weighted by molar-refractivity contribution is 7.09. The van der Waals surface area contributed by atoms with E-state index in [1.807, 2.05) is 0 Å². The van der Waals surface area contributed by atoms with E-state index in [9.17, 15) is 4.79 Å². The molecular formula is C8H7N3O2S. The maximum absolute atomic E-state index is 10.6. The molecular weight excluding hydrogens is 202 g/mol. The van der Waals surface area contributed by atoms with Crippen LogP contribution in [0.15, 0.2) is 24.1 Å². The number of rotatable bonds is 3. The molecule has 2 aromatic rings. The highest BCUT2D eigenvalue weighted by Gasteiger charge is 2.06. The summed E-state index contributed by atoms with van der Waals surface area (Å²) in [4.78, 5) is 15.5. The van der Waals surface area contributed by atoms with Gasteiger partial charge >= 0.3 is 5.97 Å². The summed E-state index contributed by atoms with van der Waals surface area (Å²) in [6, 6.07) is 0. The van der Waals surface area contributed by atoms with Crippen LogP contribution in [-0.2, 0) is 6.54 Å². The van der Waals surface area contributed by atoms with Gasteiger partial charge in [0.05, 0.1) is 23.8 Å². The number of carboxylic acids is 1. The van der Waals surface area contributed by atoms with Crippen molar-refractivity contribution in [1.82, 2.24) is 14.8 Å². The Kier molecular flexibility index (Phi) is 2.28. The van der Waals surface area contributed by atoms with Crippen LogP contribution in [0.1, 0.15) is 15.2 Å². The average molecular weight is 209 g/mol. The first-order chi connectivity index (χ1) is 6.75. The van der Waals surface area contributed by atoms with Crippen molar-refractivity contribution in [1.29, 1.82) is 0 Å². The molecule has 2 heterocycles. The van der Waals surface area contributed by atoms with E-state index in [-0.39, 0.29) is 5.56 Å². The molecule has 14 heavy (non-hydrogen) atoms. The highest BCUT2D eigenvalue weighted by atomic mass is 32.1. The maximum Gasteiger partial charge on any atom is 0.338 e. The molecule has 6 heteroatoms. The molecule has 0 aromatic carbocycles. The molecule has 0 fully saturated rings. The third-order valence-electron chi connectivity index (χ3n) is 1.68. The third kappa shape index (κ3) is 1.80. The normalized spacial score (nSPS) is 10.3. The predicted molar refractivity (Wildman–Crippen MR) is 50.4 cm³/mol. The van der Waals surface area contributed by atoms with Crippen LogP contribution in [0.4, 0.5) is 0 Å². The molecule has 0 aliphatic carbocycles. The van der Waals surface area contributed by atoms with Crippen molar-refractivity contribution in [2.24, 2.45) is 0 Å². The average Bonchev–Trinajstić information content (AvgIpc) is 2.75. The highest BCUT2D eigenvalue weighted by Crippen LogP contribution is 2.08. The molecule has 0 saturated carbocycles. The molecule has 2 aromatic heterocycles. The molecule has 0 unspecified atom stereocenters. The molecule has 0 aliphatic rings. The van der Waals surface area contributed by atoms with Crippen LogP contribution in [0.3, 0.4) is 0 Å². The monoisotopic (exact) mass is 209 g/mol. The number of carboxylic acid groups (broad SMARTS) is 1. The van der Waals surface area contributed by atoms with Crippen molar-refractivity contribution in [2.75, 3.05) is 0 Å². The minimum absolute atomic E-state index is 0.203. The minimum atomic E-state index is -0.958. The lowest BCUT2D eigenvalue weighted by Crippen LogP contribution is -1.98. The van der Waals surface area contributed by atoms with Crippen molar-refractivity contribution < 1.29 is 9.90 Å². The fourth-order valence-electron chi connectivity index (χ4n) is 1.04. The molecule has 0 aliphatic heterocycles. The Morgan fingerprint density at radius 3 is 3.00 bits per heavy atom. The number of carbonyl (C=O) groups is 1. The van der Waals surface area contributed by atoms with Gasteiger partial charge in [0.1, 0.15) is 0 Å². The third-order valence-corrected chi connectivity index (χ3v) is 2.45. The van der Waals surface area contributed by atoms with Gasteiger partial charge in [0.2, 0.25) is 0 Å². The number of hydrogen-bond donors (Lipinski definition) is 1. The van der Waals surface area contributed by atoms with E-state index >= 15 is 0 Å². The molecule has 0 saturated heterocycles. The largest absolute Gasteiger partial charge is 0.478 e. The molecule has 0 amide bonds. The van der Waals surface area contributed by atoms with Crippen LogP contribution in [0.5, 0.6) is 0 Å². The lowest BCUT2D eigenvalue weighted by molar-refractivity contribution is 0.0697. The quantitative estimate of drug-likeness (QED) is 0.821. The second kappa shape index (κ2) is 3.59. The fourth-order valence-corrected chi connectivity index (χ4v) is 1.63. The Balaban J connectivity index is 2.14. The number of aromatic carboxylic acids is 1. The van der Waals surface area contributed by atoms with Gasteiger partial charge in [-0.2, -0.15) is 5.10 Å². The van der Waals surface area contributed by atoms with E-state index in [1.54, 1.807) is 16.4 Å². The van der Waals surface area contributed by atoms with E-state index in [1.165, 1.54) is 23.7 Å². The second-order valence-electron chi connectivity index (χ2n) is 2.70. The van der Waals surface area contributed by atoms with Crippen LogP contribution >= 0.6 is 11.3 Å². The molecule has 1 N–H and O–H groups in total. The van der Waals surface area contributed by atoms with E-state index in [2.05, 4.69) is 10.1 Å². The summed E-state index contributed by atoms with van der Waals surface area (Å²) in [5, 5.41) is 12.6. The summed E-state index contributed by atoms with van der Waals surface area (Å²) < 4.78 is 1.58. The van der Waals surface area contributed by atoms with Gasteiger partial charge in [-0.1, -0.05) is 0 Å². The van der Waals surface area contributed by atoms with Crippen LogP contribution in [0.2, 0.25) is 0 Å². The SMILES string of the molecule is O=C(O)c1cnn(Cc2cncs2)c1. The first kappa shape index (κ1) is 8.89. The fraction of sp³-hybridized carbons (Fsp3) is 0.125. The van der Waals surface area contributed by atoms with Crippen LogP contribution in [0.25, 0.3) is 0 Å². The Hall–Kier alpha value is -1.69. The van der Waals surface area contributed by atoms with Gasteiger partial charge in [0.15, 0.2) is 0 Å². The summed E-state index contributed by atoms with van der Waals surface area (Å²) in [5.41, 5.74) is 1.94. The van der Waals surface area contributed by atoms with Crippen molar-refractivity contribution in [2.45, 2.75) is 6.54 Å². The van der Waals surface area contributed by atoms with E-state index < -0.39 is 5.97 Å². The van der Waals surface area contributed by atoms with Gasteiger partial charge in [-0.3, -0.25) is 9.67 Å². The minimum Gasteiger partial charge on any atom is -0.478 e. The molecule has 0 radical (unpaired) electrons. The topological polar surface area (TPSA) is 68.0 Å². The van der Waals surface area contributed by atoms with E-state index in [4.69, 9.17) is 5.11 Å². The van der Waals surface area contributed by atoms with Crippen molar-refractivity contribution in [3.63, 3.8) is 0 Å². The number of nitrogens with zero attached hydrogens (tertiary/aromatic N) is 3. The summed E-state index contributed by atoms with van der Waals surface area (Å²) in [6.45, 7) is 0.567. The van der Waals surface area contributed by atoms with E-state index in [0.717, 1.165) is 4.88 Å². The maximum atomic E-state index is 10.6. The van der Waals surface area contributed by atoms with Gasteiger partial charge in [-0.15, -0.1) is 11.3 Å². The van der Waals surface area contributed by atoms with Gasteiger partial charge in [-0.05, 0) is 0 Å². The standard InChI is InChI=1S/C8H7N3O2S/c12-8(13)6-1-10-11(3-6)4-7-2-9-5-14-7/h1-3,5H,4H2,(H,12,13). The zero-order valence-electron chi connectivity index (χ0n) is 7.12. The zero-order valence-corrected chi connectivity index (χ0v) is 7.94. The number of hydrogen-bond acceptors (Lipinski definition) is 4. The lowest BCUT2D eigenvalue weighted by atomic mass is 10.4. The summed E-state index contributed by atoms with van der Waals surface area (Å²) >= 11 is 1.52. The Morgan fingerprint density at radius 1 is 1.57 bits per heavy atom. The zero-order chi connectivity index (χ0) is 9.97.